The third kappa shape index (κ3) is 1.73. The normalized spacial score (nSPS) is 10.6. The van der Waals surface area contributed by atoms with Crippen molar-refractivity contribution >= 4 is 0 Å². The zero-order chi connectivity index (χ0) is 11.0. The van der Waals surface area contributed by atoms with Gasteiger partial charge in [0, 0.05) is 6.20 Å². The molecule has 0 radical (unpaired) electrons. The number of phenolic OH excluding ortho intramolecular Hbond substituents is 1. The number of phenols is 1. The molecule has 0 saturated heterocycles. The van der Waals surface area contributed by atoms with Gasteiger partial charge in [-0.15, -0.1) is 0 Å². The minimum Gasteiger partial charge on any atom is -0.508 e. The fourth-order valence-electron chi connectivity index (χ4n) is 1.46. The van der Waals surface area contributed by atoms with Crippen LogP contribution in [-0.2, 0) is 0 Å². The Hall–Kier alpha value is -1.77. The third-order valence-corrected chi connectivity index (χ3v) is 2.59. The lowest BCUT2D eigenvalue weighted by Crippen LogP contribution is -1.95. The molecule has 1 heterocycles. The van der Waals surface area contributed by atoms with Crippen molar-refractivity contribution in [3.8, 4) is 11.4 Å². The first-order chi connectivity index (χ1) is 7.08. The van der Waals surface area contributed by atoms with Crippen LogP contribution in [0.4, 0.5) is 0 Å². The lowest BCUT2D eigenvalue weighted by atomic mass is 10.2. The lowest BCUT2D eigenvalue weighted by molar-refractivity contribution is 0.471. The molecule has 0 atom stereocenters. The number of aromatic nitrogens is 2. The van der Waals surface area contributed by atoms with Crippen LogP contribution in [0.3, 0.4) is 0 Å². The molecular formula is C12H14N2O. The van der Waals surface area contributed by atoms with Gasteiger partial charge in [-0.1, -0.05) is 0 Å². The summed E-state index contributed by atoms with van der Waals surface area (Å²) in [5, 5.41) is 13.8. The first kappa shape index (κ1) is 9.77. The number of hydrogen-bond donors (Lipinski definition) is 1. The molecule has 0 fully saturated rings. The fraction of sp³-hybridized carbons (Fsp3) is 0.250. The van der Waals surface area contributed by atoms with Gasteiger partial charge >= 0.3 is 0 Å². The number of aromatic hydroxyl groups is 1. The molecule has 3 nitrogen and oxygen atoms in total. The average molecular weight is 202 g/mol. The van der Waals surface area contributed by atoms with Crippen LogP contribution < -0.4 is 0 Å². The maximum atomic E-state index is 9.42. The Bertz CT molecular complexity index is 481. The molecule has 0 unspecified atom stereocenters. The van der Waals surface area contributed by atoms with Crippen molar-refractivity contribution in [3.63, 3.8) is 0 Å². The molecule has 0 bridgehead atoms. The molecule has 1 N–H and O–H groups in total. The van der Waals surface area contributed by atoms with Crippen LogP contribution >= 0.6 is 0 Å². The third-order valence-electron chi connectivity index (χ3n) is 2.59. The van der Waals surface area contributed by atoms with Gasteiger partial charge in [0.15, 0.2) is 0 Å². The Kier molecular flexibility index (Phi) is 2.23. The molecule has 0 amide bonds. The van der Waals surface area contributed by atoms with Crippen molar-refractivity contribution in [2.45, 2.75) is 20.8 Å². The Morgan fingerprint density at radius 2 is 1.87 bits per heavy atom. The summed E-state index contributed by atoms with van der Waals surface area (Å²) < 4.78 is 1.83. The smallest absolute Gasteiger partial charge is 0.118 e. The quantitative estimate of drug-likeness (QED) is 0.771. The first-order valence-corrected chi connectivity index (χ1v) is 4.91. The fourth-order valence-corrected chi connectivity index (χ4v) is 1.46. The van der Waals surface area contributed by atoms with Gasteiger partial charge in [-0.2, -0.15) is 5.10 Å². The number of rotatable bonds is 1. The van der Waals surface area contributed by atoms with E-state index in [0.29, 0.717) is 5.75 Å². The molecule has 0 aliphatic rings. The monoisotopic (exact) mass is 202 g/mol. The highest BCUT2D eigenvalue weighted by Crippen LogP contribution is 2.19. The standard InChI is InChI=1S/C12H14N2O/c1-8-6-11(4-5-12(8)15)14-7-9(2)10(3)13-14/h4-7,15H,1-3H3. The molecule has 15 heavy (non-hydrogen) atoms. The summed E-state index contributed by atoms with van der Waals surface area (Å²) in [6, 6.07) is 5.46. The van der Waals surface area contributed by atoms with E-state index in [4.69, 9.17) is 0 Å². The van der Waals surface area contributed by atoms with Crippen molar-refractivity contribution in [3.05, 3.63) is 41.2 Å². The van der Waals surface area contributed by atoms with Crippen LogP contribution in [0, 0.1) is 20.8 Å². The summed E-state index contributed by atoms with van der Waals surface area (Å²) in [4.78, 5) is 0. The number of aryl methyl sites for hydroxylation is 3. The second-order valence-electron chi connectivity index (χ2n) is 3.81. The Morgan fingerprint density at radius 3 is 2.40 bits per heavy atom. The molecule has 1 aromatic heterocycles. The van der Waals surface area contributed by atoms with E-state index in [9.17, 15) is 5.11 Å². The number of benzene rings is 1. The minimum atomic E-state index is 0.319. The largest absolute Gasteiger partial charge is 0.508 e. The first-order valence-electron chi connectivity index (χ1n) is 4.91. The van der Waals surface area contributed by atoms with Crippen LogP contribution in [0.1, 0.15) is 16.8 Å². The van der Waals surface area contributed by atoms with E-state index in [1.165, 1.54) is 5.56 Å². The summed E-state index contributed by atoms with van der Waals surface area (Å²) in [6.45, 7) is 5.90. The van der Waals surface area contributed by atoms with E-state index < -0.39 is 0 Å². The van der Waals surface area contributed by atoms with E-state index in [1.807, 2.05) is 43.8 Å². The van der Waals surface area contributed by atoms with Gasteiger partial charge in [-0.3, -0.25) is 0 Å². The van der Waals surface area contributed by atoms with E-state index in [0.717, 1.165) is 16.9 Å². The molecule has 1 aromatic carbocycles. The minimum absolute atomic E-state index is 0.319. The van der Waals surface area contributed by atoms with Gasteiger partial charge < -0.3 is 5.11 Å². The maximum absolute atomic E-state index is 9.42. The summed E-state index contributed by atoms with van der Waals surface area (Å²) in [7, 11) is 0. The predicted molar refractivity (Wildman–Crippen MR) is 59.4 cm³/mol. The van der Waals surface area contributed by atoms with Crippen molar-refractivity contribution in [1.82, 2.24) is 9.78 Å². The molecular weight excluding hydrogens is 188 g/mol. The topological polar surface area (TPSA) is 38.0 Å². The van der Waals surface area contributed by atoms with Crippen molar-refractivity contribution in [2.75, 3.05) is 0 Å². The predicted octanol–water partition coefficient (Wildman–Crippen LogP) is 2.50. The molecule has 2 rings (SSSR count). The van der Waals surface area contributed by atoms with Crippen molar-refractivity contribution in [1.29, 1.82) is 0 Å². The second-order valence-corrected chi connectivity index (χ2v) is 3.81. The molecule has 0 aliphatic heterocycles. The Balaban J connectivity index is 2.49. The highest BCUT2D eigenvalue weighted by molar-refractivity contribution is 5.42. The van der Waals surface area contributed by atoms with Crippen LogP contribution in [-0.4, -0.2) is 14.9 Å². The maximum Gasteiger partial charge on any atom is 0.118 e. The lowest BCUT2D eigenvalue weighted by Gasteiger charge is -2.03. The van der Waals surface area contributed by atoms with Gasteiger partial charge in [0.05, 0.1) is 11.4 Å². The summed E-state index contributed by atoms with van der Waals surface area (Å²) in [6.07, 6.45) is 1.99. The second kappa shape index (κ2) is 3.42. The molecule has 0 aliphatic carbocycles. The Morgan fingerprint density at radius 1 is 1.13 bits per heavy atom. The van der Waals surface area contributed by atoms with Crippen LogP contribution in [0.2, 0.25) is 0 Å². The zero-order valence-corrected chi connectivity index (χ0v) is 9.15. The molecule has 2 aromatic rings. The summed E-state index contributed by atoms with van der Waals surface area (Å²) in [5.74, 6) is 0.319. The van der Waals surface area contributed by atoms with Crippen molar-refractivity contribution in [2.24, 2.45) is 0 Å². The summed E-state index contributed by atoms with van der Waals surface area (Å²) >= 11 is 0. The van der Waals surface area contributed by atoms with Gasteiger partial charge in [0.2, 0.25) is 0 Å². The zero-order valence-electron chi connectivity index (χ0n) is 9.15. The highest BCUT2D eigenvalue weighted by Gasteiger charge is 2.03. The van der Waals surface area contributed by atoms with Crippen molar-refractivity contribution < 1.29 is 5.11 Å². The SMILES string of the molecule is Cc1cc(-n2cc(C)c(C)n2)ccc1O. The van der Waals surface area contributed by atoms with Gasteiger partial charge in [0.1, 0.15) is 5.75 Å². The average Bonchev–Trinajstić information content (AvgIpc) is 2.52. The molecule has 78 valence electrons. The molecule has 0 spiro atoms. The van der Waals surface area contributed by atoms with E-state index in [2.05, 4.69) is 5.10 Å². The Labute approximate surface area is 89.0 Å². The number of hydrogen-bond acceptors (Lipinski definition) is 2. The van der Waals surface area contributed by atoms with Crippen LogP contribution in [0.15, 0.2) is 24.4 Å². The van der Waals surface area contributed by atoms with E-state index >= 15 is 0 Å². The highest BCUT2D eigenvalue weighted by atomic mass is 16.3. The molecule has 3 heteroatoms. The summed E-state index contributed by atoms with van der Waals surface area (Å²) in [5.41, 5.74) is 4.03. The number of nitrogens with zero attached hydrogens (tertiary/aromatic N) is 2. The molecule has 0 saturated carbocycles. The van der Waals surface area contributed by atoms with E-state index in [-0.39, 0.29) is 0 Å². The van der Waals surface area contributed by atoms with Gasteiger partial charge in [-0.25, -0.2) is 4.68 Å². The van der Waals surface area contributed by atoms with Crippen LogP contribution in [0.5, 0.6) is 5.75 Å². The van der Waals surface area contributed by atoms with E-state index in [1.54, 1.807) is 6.07 Å². The van der Waals surface area contributed by atoms with Gasteiger partial charge in [0.25, 0.3) is 0 Å². The van der Waals surface area contributed by atoms with Crippen LogP contribution in [0.25, 0.3) is 5.69 Å². The van der Waals surface area contributed by atoms with Gasteiger partial charge in [-0.05, 0) is 50.1 Å².